The molecule has 21 heavy (non-hydrogen) atoms. The highest BCUT2D eigenvalue weighted by Crippen LogP contribution is 2.31. The summed E-state index contributed by atoms with van der Waals surface area (Å²) in [6.45, 7) is 1.72. The van der Waals surface area contributed by atoms with Crippen molar-refractivity contribution >= 4 is 23.8 Å². The minimum atomic E-state index is -4.45. The van der Waals surface area contributed by atoms with Crippen molar-refractivity contribution < 1.29 is 27.5 Å². The molecule has 0 saturated carbocycles. The van der Waals surface area contributed by atoms with Crippen LogP contribution in [0.25, 0.3) is 0 Å². The van der Waals surface area contributed by atoms with Crippen LogP contribution in [-0.4, -0.2) is 24.7 Å². The number of hydrazone groups is 1. The minimum absolute atomic E-state index is 0.122. The van der Waals surface area contributed by atoms with Gasteiger partial charge in [-0.3, -0.25) is 9.59 Å². The Morgan fingerprint density at radius 2 is 1.95 bits per heavy atom. The van der Waals surface area contributed by atoms with Gasteiger partial charge in [-0.05, 0) is 31.2 Å². The van der Waals surface area contributed by atoms with Crippen molar-refractivity contribution in [3.8, 4) is 0 Å². The molecule has 1 aliphatic rings. The molecule has 1 aliphatic heterocycles. The number of benzene rings is 1. The first kappa shape index (κ1) is 15.0. The van der Waals surface area contributed by atoms with E-state index in [9.17, 15) is 22.8 Å². The monoisotopic (exact) mass is 300 g/mol. The zero-order valence-corrected chi connectivity index (χ0v) is 10.9. The van der Waals surface area contributed by atoms with Crippen LogP contribution < -0.4 is 5.01 Å². The van der Waals surface area contributed by atoms with Gasteiger partial charge in [-0.25, -0.2) is 0 Å². The van der Waals surface area contributed by atoms with Gasteiger partial charge in [0.25, 0.3) is 5.91 Å². The van der Waals surface area contributed by atoms with Crippen molar-refractivity contribution in [2.75, 3.05) is 11.6 Å². The second-order valence-electron chi connectivity index (χ2n) is 4.19. The second kappa shape index (κ2) is 5.55. The Hall–Kier alpha value is -2.38. The second-order valence-corrected chi connectivity index (χ2v) is 4.19. The summed E-state index contributed by atoms with van der Waals surface area (Å²) >= 11 is 0. The molecular formula is C13H11F3N2O3. The van der Waals surface area contributed by atoms with Gasteiger partial charge in [0.1, 0.15) is 0 Å². The number of anilines is 1. The smallest absolute Gasteiger partial charge is 0.416 e. The minimum Gasteiger partial charge on any atom is -0.465 e. The molecular weight excluding hydrogens is 289 g/mol. The molecule has 0 spiro atoms. The highest BCUT2D eigenvalue weighted by molar-refractivity contribution is 6.19. The Morgan fingerprint density at radius 1 is 1.33 bits per heavy atom. The first-order valence-electron chi connectivity index (χ1n) is 6.06. The summed E-state index contributed by atoms with van der Waals surface area (Å²) in [4.78, 5) is 23.5. The van der Waals surface area contributed by atoms with Crippen LogP contribution in [0, 0.1) is 5.92 Å². The number of rotatable bonds is 3. The summed E-state index contributed by atoms with van der Waals surface area (Å²) in [5, 5.41) is 4.62. The van der Waals surface area contributed by atoms with Crippen LogP contribution in [0.3, 0.4) is 0 Å². The van der Waals surface area contributed by atoms with Gasteiger partial charge in [-0.2, -0.15) is 23.3 Å². The molecule has 0 bridgehead atoms. The number of amides is 1. The third kappa shape index (κ3) is 3.04. The van der Waals surface area contributed by atoms with E-state index in [1.165, 1.54) is 0 Å². The summed E-state index contributed by atoms with van der Waals surface area (Å²) in [5.41, 5.74) is -0.681. The Bertz CT molecular complexity index is 581. The molecule has 2 rings (SSSR count). The fourth-order valence-corrected chi connectivity index (χ4v) is 1.76. The standard InChI is InChI=1S/C13H11F3N2O3/c1-2-21-12(20)10-7-17-18(11(10)19)9-5-3-8(4-6-9)13(14,15)16/h3-7,10H,2H2,1H3. The maximum absolute atomic E-state index is 12.5. The topological polar surface area (TPSA) is 59.0 Å². The molecule has 1 aromatic carbocycles. The van der Waals surface area contributed by atoms with Crippen LogP contribution in [-0.2, 0) is 20.5 Å². The van der Waals surface area contributed by atoms with E-state index in [0.29, 0.717) is 0 Å². The lowest BCUT2D eigenvalue weighted by Gasteiger charge is -2.14. The molecule has 1 heterocycles. The summed E-state index contributed by atoms with van der Waals surface area (Å²) in [5.74, 6) is -2.55. The number of esters is 1. The number of hydrogen-bond donors (Lipinski definition) is 0. The number of carbonyl (C=O) groups is 2. The fraction of sp³-hybridized carbons (Fsp3) is 0.308. The van der Waals surface area contributed by atoms with Crippen molar-refractivity contribution in [2.45, 2.75) is 13.1 Å². The third-order valence-corrected chi connectivity index (χ3v) is 2.79. The quantitative estimate of drug-likeness (QED) is 0.635. The van der Waals surface area contributed by atoms with Gasteiger partial charge in [0, 0.05) is 6.21 Å². The number of halogens is 3. The molecule has 5 nitrogen and oxygen atoms in total. The van der Waals surface area contributed by atoms with Crippen LogP contribution in [0.15, 0.2) is 29.4 Å². The highest BCUT2D eigenvalue weighted by Gasteiger charge is 2.37. The van der Waals surface area contributed by atoms with Gasteiger partial charge < -0.3 is 4.74 Å². The van der Waals surface area contributed by atoms with Gasteiger partial charge in [0.05, 0.1) is 17.9 Å². The third-order valence-electron chi connectivity index (χ3n) is 2.79. The van der Waals surface area contributed by atoms with E-state index >= 15 is 0 Å². The van der Waals surface area contributed by atoms with Gasteiger partial charge in [-0.15, -0.1) is 0 Å². The maximum atomic E-state index is 12.5. The van der Waals surface area contributed by atoms with Crippen LogP contribution in [0.1, 0.15) is 12.5 Å². The number of carbonyl (C=O) groups excluding carboxylic acids is 2. The van der Waals surface area contributed by atoms with Crippen LogP contribution in [0.2, 0.25) is 0 Å². The zero-order chi connectivity index (χ0) is 15.6. The molecule has 1 atom stereocenters. The van der Waals surface area contributed by atoms with E-state index < -0.39 is 29.5 Å². The molecule has 0 saturated heterocycles. The molecule has 1 aromatic rings. The SMILES string of the molecule is CCOC(=O)C1C=NN(c2ccc(C(F)(F)F)cc2)C1=O. The molecule has 0 N–H and O–H groups in total. The molecule has 1 amide bonds. The average Bonchev–Trinajstić information content (AvgIpc) is 2.80. The Balaban J connectivity index is 2.16. The van der Waals surface area contributed by atoms with Gasteiger partial charge in [-0.1, -0.05) is 0 Å². The lowest BCUT2D eigenvalue weighted by molar-refractivity contribution is -0.148. The lowest BCUT2D eigenvalue weighted by atomic mass is 10.1. The van der Waals surface area contributed by atoms with Crippen molar-refractivity contribution in [1.29, 1.82) is 0 Å². The predicted molar refractivity (Wildman–Crippen MR) is 67.5 cm³/mol. The highest BCUT2D eigenvalue weighted by atomic mass is 19.4. The van der Waals surface area contributed by atoms with E-state index in [-0.39, 0.29) is 12.3 Å². The molecule has 112 valence electrons. The van der Waals surface area contributed by atoms with Gasteiger partial charge in [0.15, 0.2) is 5.92 Å². The summed E-state index contributed by atoms with van der Waals surface area (Å²) < 4.78 is 42.1. The Labute approximate surface area is 118 Å². The van der Waals surface area contributed by atoms with Crippen LogP contribution in [0.4, 0.5) is 18.9 Å². The molecule has 0 radical (unpaired) electrons. The van der Waals surface area contributed by atoms with E-state index in [2.05, 4.69) is 5.10 Å². The van der Waals surface area contributed by atoms with Crippen molar-refractivity contribution in [3.05, 3.63) is 29.8 Å². The van der Waals surface area contributed by atoms with Gasteiger partial charge in [0.2, 0.25) is 0 Å². The van der Waals surface area contributed by atoms with E-state index in [1.807, 2.05) is 0 Å². The summed E-state index contributed by atoms with van der Waals surface area (Å²) in [6, 6.07) is 3.92. The fourth-order valence-electron chi connectivity index (χ4n) is 1.76. The van der Waals surface area contributed by atoms with Crippen molar-refractivity contribution in [2.24, 2.45) is 11.0 Å². The molecule has 0 aromatic heterocycles. The lowest BCUT2D eigenvalue weighted by Crippen LogP contribution is -2.32. The maximum Gasteiger partial charge on any atom is 0.416 e. The first-order valence-corrected chi connectivity index (χ1v) is 6.06. The number of alkyl halides is 3. The number of nitrogens with zero attached hydrogens (tertiary/aromatic N) is 2. The molecule has 0 fully saturated rings. The van der Waals surface area contributed by atoms with Crippen molar-refractivity contribution in [3.63, 3.8) is 0 Å². The van der Waals surface area contributed by atoms with E-state index in [1.54, 1.807) is 6.92 Å². The first-order chi connectivity index (χ1) is 9.84. The molecule has 1 unspecified atom stereocenters. The average molecular weight is 300 g/mol. The van der Waals surface area contributed by atoms with Gasteiger partial charge >= 0.3 is 12.1 Å². The van der Waals surface area contributed by atoms with Crippen molar-refractivity contribution in [1.82, 2.24) is 0 Å². The van der Waals surface area contributed by atoms with E-state index in [0.717, 1.165) is 35.5 Å². The summed E-state index contributed by atoms with van der Waals surface area (Å²) in [6.07, 6.45) is -3.34. The Kier molecular flexibility index (Phi) is 3.97. The summed E-state index contributed by atoms with van der Waals surface area (Å²) in [7, 11) is 0. The number of hydrogen-bond acceptors (Lipinski definition) is 4. The molecule has 8 heteroatoms. The molecule has 0 aliphatic carbocycles. The zero-order valence-electron chi connectivity index (χ0n) is 10.9. The predicted octanol–water partition coefficient (Wildman–Crippen LogP) is 2.22. The normalized spacial score (nSPS) is 18.2. The Morgan fingerprint density at radius 3 is 2.48 bits per heavy atom. The van der Waals surface area contributed by atoms with Crippen LogP contribution in [0.5, 0.6) is 0 Å². The van der Waals surface area contributed by atoms with E-state index in [4.69, 9.17) is 4.74 Å². The van der Waals surface area contributed by atoms with Crippen LogP contribution >= 0.6 is 0 Å². The largest absolute Gasteiger partial charge is 0.465 e. The number of ether oxygens (including phenoxy) is 1.